The van der Waals surface area contributed by atoms with Crippen molar-refractivity contribution in [3.8, 4) is 0 Å². The van der Waals surface area contributed by atoms with Crippen LogP contribution >= 0.6 is 0 Å². The van der Waals surface area contributed by atoms with Crippen molar-refractivity contribution in [2.75, 3.05) is 6.61 Å². The number of nitrogens with zero attached hydrogens (tertiary/aromatic N) is 1. The van der Waals surface area contributed by atoms with E-state index in [1.54, 1.807) is 6.92 Å². The third-order valence-electron chi connectivity index (χ3n) is 2.83. The highest BCUT2D eigenvalue weighted by molar-refractivity contribution is 5.94. The number of rotatable bonds is 5. The Hall–Kier alpha value is -1.32. The maximum absolute atomic E-state index is 11.7. The summed E-state index contributed by atoms with van der Waals surface area (Å²) in [5.41, 5.74) is -0.0255. The van der Waals surface area contributed by atoms with E-state index in [2.05, 4.69) is 25.6 Å². The zero-order valence-corrected chi connectivity index (χ0v) is 10.2. The van der Waals surface area contributed by atoms with Crippen LogP contribution in [0.5, 0.6) is 0 Å². The summed E-state index contributed by atoms with van der Waals surface area (Å²) in [7, 11) is 0. The van der Waals surface area contributed by atoms with Gasteiger partial charge >= 0.3 is 5.97 Å². The van der Waals surface area contributed by atoms with Crippen LogP contribution in [0.3, 0.4) is 0 Å². The number of esters is 1. The monoisotopic (exact) mass is 225 g/mol. The Morgan fingerprint density at radius 3 is 3.06 bits per heavy atom. The van der Waals surface area contributed by atoms with E-state index < -0.39 is 5.60 Å². The van der Waals surface area contributed by atoms with E-state index in [9.17, 15) is 4.79 Å². The molecule has 90 valence electrons. The van der Waals surface area contributed by atoms with E-state index in [-0.39, 0.29) is 12.6 Å². The van der Waals surface area contributed by atoms with Crippen molar-refractivity contribution in [1.82, 2.24) is 0 Å². The minimum Gasteiger partial charge on any atom is -0.458 e. The minimum absolute atomic E-state index is 0.205. The van der Waals surface area contributed by atoms with Crippen LogP contribution in [0.25, 0.3) is 0 Å². The Labute approximate surface area is 96.3 Å². The molecule has 1 aliphatic rings. The van der Waals surface area contributed by atoms with Gasteiger partial charge in [0.25, 0.3) is 0 Å². The quantitative estimate of drug-likeness (QED) is 0.533. The molecule has 0 aliphatic carbocycles. The second-order valence-electron chi connectivity index (χ2n) is 4.28. The van der Waals surface area contributed by atoms with Crippen molar-refractivity contribution in [2.24, 2.45) is 11.1 Å². The van der Waals surface area contributed by atoms with Gasteiger partial charge < -0.3 is 9.57 Å². The smallest absolute Gasteiger partial charge is 0.353 e. The number of hydrogen-bond acceptors (Lipinski definition) is 4. The van der Waals surface area contributed by atoms with Gasteiger partial charge in [-0.05, 0) is 19.3 Å². The van der Waals surface area contributed by atoms with Crippen LogP contribution in [0.2, 0.25) is 0 Å². The van der Waals surface area contributed by atoms with Crippen LogP contribution in [-0.4, -0.2) is 23.9 Å². The number of oxime groups is 1. The first-order chi connectivity index (χ1) is 7.53. The van der Waals surface area contributed by atoms with Crippen molar-refractivity contribution in [3.05, 3.63) is 12.7 Å². The number of carbonyl (C=O) groups is 1. The molecule has 2 atom stereocenters. The molecule has 1 aliphatic heterocycles. The van der Waals surface area contributed by atoms with Crippen molar-refractivity contribution in [1.29, 1.82) is 0 Å². The maximum Gasteiger partial charge on any atom is 0.353 e. The highest BCUT2D eigenvalue weighted by Gasteiger charge is 2.44. The van der Waals surface area contributed by atoms with Crippen LogP contribution < -0.4 is 0 Å². The molecule has 0 radical (unpaired) electrons. The Morgan fingerprint density at radius 1 is 1.81 bits per heavy atom. The van der Waals surface area contributed by atoms with E-state index in [0.29, 0.717) is 12.3 Å². The molecule has 0 saturated carbocycles. The fourth-order valence-electron chi connectivity index (χ4n) is 1.47. The van der Waals surface area contributed by atoms with Gasteiger partial charge in [-0.15, -0.1) is 0 Å². The van der Waals surface area contributed by atoms with Gasteiger partial charge in [0.05, 0.1) is 5.71 Å². The first kappa shape index (κ1) is 12.7. The van der Waals surface area contributed by atoms with Gasteiger partial charge in [0.2, 0.25) is 5.60 Å². The minimum atomic E-state index is -0.957. The first-order valence-corrected chi connectivity index (χ1v) is 5.56. The van der Waals surface area contributed by atoms with E-state index in [1.165, 1.54) is 6.08 Å². The highest BCUT2D eigenvalue weighted by Crippen LogP contribution is 2.28. The number of carbonyl (C=O) groups excluding carboxylic acids is 1. The van der Waals surface area contributed by atoms with E-state index >= 15 is 0 Å². The summed E-state index contributed by atoms with van der Waals surface area (Å²) in [4.78, 5) is 16.9. The second-order valence-corrected chi connectivity index (χ2v) is 4.28. The third-order valence-corrected chi connectivity index (χ3v) is 2.83. The highest BCUT2D eigenvalue weighted by atomic mass is 16.7. The Kier molecular flexibility index (Phi) is 4.10. The van der Waals surface area contributed by atoms with Crippen molar-refractivity contribution < 1.29 is 14.4 Å². The fourth-order valence-corrected chi connectivity index (χ4v) is 1.47. The molecule has 0 aromatic heterocycles. The van der Waals surface area contributed by atoms with Gasteiger partial charge in [-0.25, -0.2) is 4.79 Å². The molecule has 0 aromatic rings. The Balaban J connectivity index is 2.58. The molecule has 0 aromatic carbocycles. The van der Waals surface area contributed by atoms with Gasteiger partial charge in [-0.3, -0.25) is 0 Å². The molecule has 0 spiro atoms. The lowest BCUT2D eigenvalue weighted by molar-refractivity contribution is -0.165. The summed E-state index contributed by atoms with van der Waals surface area (Å²) >= 11 is 0. The summed E-state index contributed by atoms with van der Waals surface area (Å²) in [6.07, 6.45) is 3.03. The van der Waals surface area contributed by atoms with Crippen LogP contribution in [0.4, 0.5) is 0 Å². The van der Waals surface area contributed by atoms with Crippen LogP contribution in [0.15, 0.2) is 17.8 Å². The number of ether oxygens (including phenoxy) is 1. The maximum atomic E-state index is 11.7. The average molecular weight is 225 g/mol. The molecular weight excluding hydrogens is 206 g/mol. The average Bonchev–Trinajstić information content (AvgIpc) is 2.69. The molecule has 4 nitrogen and oxygen atoms in total. The van der Waals surface area contributed by atoms with Gasteiger partial charge in [-0.2, -0.15) is 0 Å². The lowest BCUT2D eigenvalue weighted by Crippen LogP contribution is -2.37. The normalized spacial score (nSPS) is 25.6. The van der Waals surface area contributed by atoms with Gasteiger partial charge in [0.1, 0.15) is 6.61 Å². The van der Waals surface area contributed by atoms with Crippen LogP contribution in [0, 0.1) is 5.92 Å². The van der Waals surface area contributed by atoms with Crippen molar-refractivity contribution >= 4 is 11.7 Å². The van der Waals surface area contributed by atoms with Crippen molar-refractivity contribution in [3.63, 3.8) is 0 Å². The van der Waals surface area contributed by atoms with Crippen LogP contribution in [-0.2, 0) is 14.4 Å². The van der Waals surface area contributed by atoms with E-state index in [0.717, 1.165) is 12.1 Å². The molecule has 2 unspecified atom stereocenters. The van der Waals surface area contributed by atoms with Gasteiger partial charge in [0.15, 0.2) is 0 Å². The SMILES string of the molecule is C=CCOC(=O)C1(C)CC(C(C)CC)=NO1. The summed E-state index contributed by atoms with van der Waals surface area (Å²) in [5, 5.41) is 3.98. The summed E-state index contributed by atoms with van der Waals surface area (Å²) in [6.45, 7) is 9.56. The molecule has 1 heterocycles. The lowest BCUT2D eigenvalue weighted by Gasteiger charge is -2.19. The first-order valence-electron chi connectivity index (χ1n) is 5.56. The zero-order chi connectivity index (χ0) is 12.2. The molecular formula is C12H19NO3. The van der Waals surface area contributed by atoms with Crippen LogP contribution in [0.1, 0.15) is 33.6 Å². The molecule has 1 rings (SSSR count). The topological polar surface area (TPSA) is 47.9 Å². The Bertz CT molecular complexity index is 311. The predicted molar refractivity (Wildman–Crippen MR) is 62.2 cm³/mol. The summed E-state index contributed by atoms with van der Waals surface area (Å²) in [6, 6.07) is 0. The summed E-state index contributed by atoms with van der Waals surface area (Å²) < 4.78 is 4.98. The molecule has 16 heavy (non-hydrogen) atoms. The van der Waals surface area contributed by atoms with Crippen molar-refractivity contribution in [2.45, 2.75) is 39.2 Å². The largest absolute Gasteiger partial charge is 0.458 e. The van der Waals surface area contributed by atoms with Gasteiger partial charge in [-0.1, -0.05) is 31.7 Å². The number of hydrogen-bond donors (Lipinski definition) is 0. The molecule has 0 saturated heterocycles. The second kappa shape index (κ2) is 5.14. The standard InChI is InChI=1S/C12H19NO3/c1-5-7-15-11(14)12(4)8-10(13-16-12)9(3)6-2/h5,9H,1,6-8H2,2-4H3. The fraction of sp³-hybridized carbons (Fsp3) is 0.667. The molecule has 0 amide bonds. The molecule has 0 N–H and O–H groups in total. The van der Waals surface area contributed by atoms with Gasteiger partial charge in [0, 0.05) is 6.42 Å². The summed E-state index contributed by atoms with van der Waals surface area (Å²) in [5.74, 6) is -0.0384. The van der Waals surface area contributed by atoms with E-state index in [4.69, 9.17) is 9.57 Å². The Morgan fingerprint density at radius 2 is 2.50 bits per heavy atom. The van der Waals surface area contributed by atoms with E-state index in [1.807, 2.05) is 0 Å². The molecule has 0 bridgehead atoms. The predicted octanol–water partition coefficient (Wildman–Crippen LogP) is 2.30. The third kappa shape index (κ3) is 2.62. The zero-order valence-electron chi connectivity index (χ0n) is 10.2. The molecule has 4 heteroatoms. The lowest BCUT2D eigenvalue weighted by atomic mass is 9.92. The molecule has 0 fully saturated rings.